The molecule has 114 valence electrons. The third-order valence-electron chi connectivity index (χ3n) is 4.78. The van der Waals surface area contributed by atoms with E-state index in [4.69, 9.17) is 0 Å². The van der Waals surface area contributed by atoms with Crippen molar-refractivity contribution in [2.45, 2.75) is 30.6 Å². The number of nitro groups is 1. The first-order valence-electron chi connectivity index (χ1n) is 7.20. The standard InChI is InChI=1S/C14H18N2O4S/c17-16(18)13-3-5-14(6-4-13)21(19,20)15-9-12-8-10-1-2-11(12)7-10/h3-6,10-12,15H,1-2,7-9H2/t10-,11+,12+/m0/s1. The lowest BCUT2D eigenvalue weighted by molar-refractivity contribution is -0.384. The highest BCUT2D eigenvalue weighted by molar-refractivity contribution is 7.89. The van der Waals surface area contributed by atoms with Crippen LogP contribution in [0.3, 0.4) is 0 Å². The fourth-order valence-corrected chi connectivity index (χ4v) is 4.77. The molecule has 0 radical (unpaired) electrons. The van der Waals surface area contributed by atoms with Crippen LogP contribution in [0, 0.1) is 27.9 Å². The average Bonchev–Trinajstić information content (AvgIpc) is 3.08. The van der Waals surface area contributed by atoms with Gasteiger partial charge in [0, 0.05) is 18.7 Å². The molecular weight excluding hydrogens is 292 g/mol. The number of sulfonamides is 1. The van der Waals surface area contributed by atoms with E-state index in [1.165, 1.54) is 43.5 Å². The number of nitro benzene ring substituents is 1. The molecule has 3 rings (SSSR count). The molecule has 0 unspecified atom stereocenters. The van der Waals surface area contributed by atoms with E-state index in [1.54, 1.807) is 0 Å². The summed E-state index contributed by atoms with van der Waals surface area (Å²) in [6.45, 7) is 0.473. The molecule has 1 aromatic carbocycles. The van der Waals surface area contributed by atoms with Crippen LogP contribution >= 0.6 is 0 Å². The zero-order valence-corrected chi connectivity index (χ0v) is 12.4. The molecule has 1 N–H and O–H groups in total. The van der Waals surface area contributed by atoms with E-state index in [2.05, 4.69) is 4.72 Å². The zero-order chi connectivity index (χ0) is 15.0. The van der Waals surface area contributed by atoms with Crippen molar-refractivity contribution in [1.29, 1.82) is 0 Å². The van der Waals surface area contributed by atoms with Gasteiger partial charge in [-0.25, -0.2) is 13.1 Å². The molecule has 2 bridgehead atoms. The Morgan fingerprint density at radius 1 is 1.19 bits per heavy atom. The fraction of sp³-hybridized carbons (Fsp3) is 0.571. The van der Waals surface area contributed by atoms with Crippen LogP contribution < -0.4 is 4.72 Å². The van der Waals surface area contributed by atoms with E-state index in [1.807, 2.05) is 0 Å². The predicted molar refractivity (Wildman–Crippen MR) is 77.2 cm³/mol. The largest absolute Gasteiger partial charge is 0.269 e. The molecule has 0 aromatic heterocycles. The van der Waals surface area contributed by atoms with Crippen LogP contribution in [-0.4, -0.2) is 19.9 Å². The second-order valence-electron chi connectivity index (χ2n) is 6.04. The van der Waals surface area contributed by atoms with Gasteiger partial charge in [0.1, 0.15) is 0 Å². The minimum Gasteiger partial charge on any atom is -0.258 e. The summed E-state index contributed by atoms with van der Waals surface area (Å²) in [6, 6.07) is 4.99. The number of benzene rings is 1. The minimum absolute atomic E-state index is 0.0799. The molecule has 7 heteroatoms. The molecule has 3 atom stereocenters. The minimum atomic E-state index is -3.58. The molecule has 21 heavy (non-hydrogen) atoms. The van der Waals surface area contributed by atoms with Crippen LogP contribution in [0.2, 0.25) is 0 Å². The average molecular weight is 310 g/mol. The van der Waals surface area contributed by atoms with Crippen molar-refractivity contribution in [3.05, 3.63) is 34.4 Å². The first kappa shape index (κ1) is 14.5. The summed E-state index contributed by atoms with van der Waals surface area (Å²) >= 11 is 0. The number of fused-ring (bicyclic) bond motifs is 2. The highest BCUT2D eigenvalue weighted by Crippen LogP contribution is 2.48. The second-order valence-corrected chi connectivity index (χ2v) is 7.80. The Kier molecular flexibility index (Phi) is 3.71. The summed E-state index contributed by atoms with van der Waals surface area (Å²) in [5.74, 6) is 1.88. The van der Waals surface area contributed by atoms with Gasteiger partial charge in [-0.2, -0.15) is 0 Å². The molecule has 0 amide bonds. The summed E-state index contributed by atoms with van der Waals surface area (Å²) < 4.78 is 27.0. The molecule has 2 saturated carbocycles. The topological polar surface area (TPSA) is 89.3 Å². The van der Waals surface area contributed by atoms with Crippen molar-refractivity contribution in [1.82, 2.24) is 4.72 Å². The van der Waals surface area contributed by atoms with Gasteiger partial charge in [-0.15, -0.1) is 0 Å². The molecule has 0 spiro atoms. The lowest BCUT2D eigenvalue weighted by Crippen LogP contribution is -2.31. The van der Waals surface area contributed by atoms with Crippen molar-refractivity contribution < 1.29 is 13.3 Å². The zero-order valence-electron chi connectivity index (χ0n) is 11.6. The maximum absolute atomic E-state index is 12.2. The van der Waals surface area contributed by atoms with Gasteiger partial charge in [-0.3, -0.25) is 10.1 Å². The van der Waals surface area contributed by atoms with Crippen LogP contribution in [0.25, 0.3) is 0 Å². The Hall–Kier alpha value is -1.47. The van der Waals surface area contributed by atoms with Crippen molar-refractivity contribution in [3.63, 3.8) is 0 Å². The van der Waals surface area contributed by atoms with Crippen molar-refractivity contribution in [2.24, 2.45) is 17.8 Å². The molecule has 2 aliphatic rings. The number of hydrogen-bond acceptors (Lipinski definition) is 4. The van der Waals surface area contributed by atoms with E-state index in [-0.39, 0.29) is 10.6 Å². The van der Waals surface area contributed by atoms with E-state index in [0.29, 0.717) is 18.4 Å². The van der Waals surface area contributed by atoms with Gasteiger partial charge in [-0.1, -0.05) is 6.42 Å². The van der Waals surface area contributed by atoms with Gasteiger partial charge in [0.15, 0.2) is 0 Å². The number of non-ortho nitro benzene ring substituents is 1. The van der Waals surface area contributed by atoms with E-state index < -0.39 is 14.9 Å². The van der Waals surface area contributed by atoms with Crippen molar-refractivity contribution in [3.8, 4) is 0 Å². The van der Waals surface area contributed by atoms with Crippen molar-refractivity contribution in [2.75, 3.05) is 6.54 Å². The van der Waals surface area contributed by atoms with E-state index >= 15 is 0 Å². The first-order chi connectivity index (χ1) is 9.95. The maximum Gasteiger partial charge on any atom is 0.269 e. The Bertz CT molecular complexity index is 641. The lowest BCUT2D eigenvalue weighted by atomic mass is 9.89. The van der Waals surface area contributed by atoms with Gasteiger partial charge in [0.2, 0.25) is 10.0 Å². The number of nitrogens with one attached hydrogen (secondary N) is 1. The summed E-state index contributed by atoms with van der Waals surface area (Å²) in [5, 5.41) is 10.6. The summed E-state index contributed by atoms with van der Waals surface area (Å²) in [7, 11) is -3.58. The van der Waals surface area contributed by atoms with Gasteiger partial charge in [0.05, 0.1) is 9.82 Å². The summed E-state index contributed by atoms with van der Waals surface area (Å²) in [5.41, 5.74) is -0.109. The smallest absolute Gasteiger partial charge is 0.258 e. The quantitative estimate of drug-likeness (QED) is 0.667. The van der Waals surface area contributed by atoms with Crippen LogP contribution in [0.15, 0.2) is 29.2 Å². The number of rotatable bonds is 5. The number of hydrogen-bond donors (Lipinski definition) is 1. The van der Waals surface area contributed by atoms with Gasteiger partial charge < -0.3 is 0 Å². The van der Waals surface area contributed by atoms with Crippen LogP contribution in [-0.2, 0) is 10.0 Å². The Morgan fingerprint density at radius 3 is 2.43 bits per heavy atom. The van der Waals surface area contributed by atoms with E-state index in [9.17, 15) is 18.5 Å². The highest BCUT2D eigenvalue weighted by atomic mass is 32.2. The maximum atomic E-state index is 12.2. The second kappa shape index (κ2) is 5.38. The highest BCUT2D eigenvalue weighted by Gasteiger charge is 2.39. The van der Waals surface area contributed by atoms with Gasteiger partial charge in [0.25, 0.3) is 5.69 Å². The summed E-state index contributed by atoms with van der Waals surface area (Å²) in [4.78, 5) is 10.1. The molecule has 0 saturated heterocycles. The molecule has 1 aromatic rings. The molecule has 0 aliphatic heterocycles. The fourth-order valence-electron chi connectivity index (χ4n) is 3.67. The molecule has 2 fully saturated rings. The normalized spacial score (nSPS) is 27.9. The SMILES string of the molecule is O=[N+]([O-])c1ccc(S(=O)(=O)NC[C@H]2C[C@H]3CC[C@@H]2C3)cc1. The third-order valence-corrected chi connectivity index (χ3v) is 6.22. The van der Waals surface area contributed by atoms with E-state index in [0.717, 1.165) is 12.3 Å². The third kappa shape index (κ3) is 2.94. The Balaban J connectivity index is 1.65. The van der Waals surface area contributed by atoms with Crippen LogP contribution in [0.5, 0.6) is 0 Å². The van der Waals surface area contributed by atoms with Gasteiger partial charge >= 0.3 is 0 Å². The molecule has 0 heterocycles. The first-order valence-corrected chi connectivity index (χ1v) is 8.68. The monoisotopic (exact) mass is 310 g/mol. The summed E-state index contributed by atoms with van der Waals surface area (Å²) in [6.07, 6.45) is 4.86. The van der Waals surface area contributed by atoms with Gasteiger partial charge in [-0.05, 0) is 49.1 Å². The van der Waals surface area contributed by atoms with Crippen LogP contribution in [0.1, 0.15) is 25.7 Å². The molecule has 6 nitrogen and oxygen atoms in total. The molecule has 2 aliphatic carbocycles. The lowest BCUT2D eigenvalue weighted by Gasteiger charge is -2.21. The molecular formula is C14H18N2O4S. The Labute approximate surface area is 123 Å². The predicted octanol–water partition coefficient (Wildman–Crippen LogP) is 2.31. The van der Waals surface area contributed by atoms with Crippen molar-refractivity contribution >= 4 is 15.7 Å². The number of nitrogens with zero attached hydrogens (tertiary/aromatic N) is 1. The van der Waals surface area contributed by atoms with Crippen LogP contribution in [0.4, 0.5) is 5.69 Å². The Morgan fingerprint density at radius 2 is 1.90 bits per heavy atom.